The molecule has 1 aromatic rings. The first kappa shape index (κ1) is 9.50. The highest BCUT2D eigenvalue weighted by molar-refractivity contribution is 5.64. The summed E-state index contributed by atoms with van der Waals surface area (Å²) in [7, 11) is 3.54. The molecule has 0 fully saturated rings. The van der Waals surface area contributed by atoms with E-state index in [0.29, 0.717) is 11.8 Å². The molecule has 6 heteroatoms. The molecule has 0 unspecified atom stereocenters. The molecule has 0 aromatic carbocycles. The van der Waals surface area contributed by atoms with Gasteiger partial charge < -0.3 is 19.3 Å². The number of carboxylic acid groups (broad SMARTS) is 1. The van der Waals surface area contributed by atoms with Crippen molar-refractivity contribution in [2.45, 2.75) is 12.8 Å². The van der Waals surface area contributed by atoms with E-state index in [1.165, 1.54) is 0 Å². The molecule has 0 aliphatic heterocycles. The van der Waals surface area contributed by atoms with E-state index in [1.807, 2.05) is 0 Å². The number of aryl methyl sites for hydroxylation is 1. The predicted octanol–water partition coefficient (Wildman–Crippen LogP) is -1.18. The molecule has 0 N–H and O–H groups in total. The van der Waals surface area contributed by atoms with Crippen molar-refractivity contribution >= 4 is 11.9 Å². The van der Waals surface area contributed by atoms with Crippen molar-refractivity contribution in [3.63, 3.8) is 0 Å². The van der Waals surface area contributed by atoms with Crippen LogP contribution in [0.3, 0.4) is 0 Å². The smallest absolute Gasteiger partial charge is 0.265 e. The van der Waals surface area contributed by atoms with Crippen LogP contribution in [-0.4, -0.2) is 30.2 Å². The summed E-state index contributed by atoms with van der Waals surface area (Å²) in [5.41, 5.74) is 0. The van der Waals surface area contributed by atoms with Crippen LogP contribution in [0, 0.1) is 0 Å². The standard InChI is InChI=1S/C7H11N3O3/c1-10(2)7-8-5(13-9-7)3-4-6(11)12/h3-4H2,1-2H3,(H,11,12)/p-1. The van der Waals surface area contributed by atoms with E-state index in [9.17, 15) is 9.90 Å². The molecule has 0 aliphatic rings. The minimum absolute atomic E-state index is 0.102. The molecule has 0 spiro atoms. The van der Waals surface area contributed by atoms with Crippen molar-refractivity contribution in [2.24, 2.45) is 0 Å². The number of carbonyl (C=O) groups excluding carboxylic acids is 1. The van der Waals surface area contributed by atoms with E-state index < -0.39 is 5.97 Å². The van der Waals surface area contributed by atoms with Crippen molar-refractivity contribution in [2.75, 3.05) is 19.0 Å². The molecular formula is C7H10N3O3-. The summed E-state index contributed by atoms with van der Waals surface area (Å²) in [5, 5.41) is 13.7. The maximum absolute atomic E-state index is 10.1. The van der Waals surface area contributed by atoms with Crippen LogP contribution in [0.25, 0.3) is 0 Å². The number of nitrogens with zero attached hydrogens (tertiary/aromatic N) is 3. The van der Waals surface area contributed by atoms with Crippen LogP contribution >= 0.6 is 0 Å². The molecule has 13 heavy (non-hydrogen) atoms. The Morgan fingerprint density at radius 1 is 1.62 bits per heavy atom. The Kier molecular flexibility index (Phi) is 2.84. The number of anilines is 1. The van der Waals surface area contributed by atoms with Gasteiger partial charge in [-0.2, -0.15) is 4.98 Å². The Balaban J connectivity index is 2.54. The Labute approximate surface area is 75.2 Å². The van der Waals surface area contributed by atoms with Gasteiger partial charge in [-0.25, -0.2) is 0 Å². The fourth-order valence-electron chi connectivity index (χ4n) is 0.738. The number of carbonyl (C=O) groups is 1. The van der Waals surface area contributed by atoms with Crippen molar-refractivity contribution in [3.8, 4) is 0 Å². The molecule has 0 atom stereocenters. The number of rotatable bonds is 4. The summed E-state index contributed by atoms with van der Waals surface area (Å²) in [5.74, 6) is -0.370. The Hall–Kier alpha value is -1.59. The van der Waals surface area contributed by atoms with Crippen molar-refractivity contribution in [3.05, 3.63) is 5.89 Å². The summed E-state index contributed by atoms with van der Waals surface area (Å²) in [6.45, 7) is 0. The van der Waals surface area contributed by atoms with Crippen LogP contribution in [0.2, 0.25) is 0 Å². The minimum atomic E-state index is -1.12. The van der Waals surface area contributed by atoms with Gasteiger partial charge in [-0.15, -0.1) is 0 Å². The molecule has 0 aliphatic carbocycles. The van der Waals surface area contributed by atoms with Crippen molar-refractivity contribution in [1.82, 2.24) is 10.1 Å². The predicted molar refractivity (Wildman–Crippen MR) is 42.0 cm³/mol. The number of hydrogen-bond donors (Lipinski definition) is 0. The van der Waals surface area contributed by atoms with Gasteiger partial charge in [0.25, 0.3) is 5.95 Å². The van der Waals surface area contributed by atoms with Crippen LogP contribution in [0.5, 0.6) is 0 Å². The molecule has 0 amide bonds. The zero-order valence-corrected chi connectivity index (χ0v) is 7.48. The lowest BCUT2D eigenvalue weighted by molar-refractivity contribution is -0.305. The van der Waals surface area contributed by atoms with E-state index in [4.69, 9.17) is 4.52 Å². The van der Waals surface area contributed by atoms with Gasteiger partial charge in [0.15, 0.2) is 0 Å². The largest absolute Gasteiger partial charge is 0.550 e. The zero-order valence-electron chi connectivity index (χ0n) is 7.48. The van der Waals surface area contributed by atoms with E-state index in [1.54, 1.807) is 19.0 Å². The van der Waals surface area contributed by atoms with E-state index in [0.717, 1.165) is 0 Å². The van der Waals surface area contributed by atoms with Crippen LogP contribution in [0.15, 0.2) is 4.52 Å². The van der Waals surface area contributed by atoms with Crippen LogP contribution < -0.4 is 10.0 Å². The molecule has 0 radical (unpaired) electrons. The number of carboxylic acids is 1. The van der Waals surface area contributed by atoms with Gasteiger partial charge in [-0.3, -0.25) is 0 Å². The Morgan fingerprint density at radius 2 is 2.31 bits per heavy atom. The fraction of sp³-hybridized carbons (Fsp3) is 0.571. The zero-order chi connectivity index (χ0) is 9.84. The van der Waals surface area contributed by atoms with Gasteiger partial charge in [0, 0.05) is 26.5 Å². The highest BCUT2D eigenvalue weighted by Crippen LogP contribution is 2.06. The lowest BCUT2D eigenvalue weighted by Gasteiger charge is -2.02. The molecular weight excluding hydrogens is 174 g/mol. The van der Waals surface area contributed by atoms with E-state index >= 15 is 0 Å². The molecule has 0 saturated carbocycles. The van der Waals surface area contributed by atoms with Gasteiger partial charge in [0.05, 0.1) is 0 Å². The lowest BCUT2D eigenvalue weighted by atomic mass is 10.3. The topological polar surface area (TPSA) is 82.3 Å². The average Bonchev–Trinajstić information content (AvgIpc) is 2.48. The first-order valence-electron chi connectivity index (χ1n) is 3.79. The Bertz CT molecular complexity index is 295. The third-order valence-electron chi connectivity index (χ3n) is 1.40. The summed E-state index contributed by atoms with van der Waals surface area (Å²) in [4.78, 5) is 15.7. The third kappa shape index (κ3) is 2.73. The maximum atomic E-state index is 10.1. The summed E-state index contributed by atoms with van der Waals surface area (Å²) in [6, 6.07) is 0. The van der Waals surface area contributed by atoms with E-state index in [-0.39, 0.29) is 12.8 Å². The highest BCUT2D eigenvalue weighted by Gasteiger charge is 2.06. The minimum Gasteiger partial charge on any atom is -0.550 e. The SMILES string of the molecule is CN(C)c1noc(CCC(=O)[O-])n1. The monoisotopic (exact) mass is 184 g/mol. The molecule has 1 heterocycles. The van der Waals surface area contributed by atoms with Gasteiger partial charge in [0.1, 0.15) is 0 Å². The van der Waals surface area contributed by atoms with Crippen LogP contribution in [-0.2, 0) is 11.2 Å². The van der Waals surface area contributed by atoms with Crippen LogP contribution in [0.4, 0.5) is 5.95 Å². The molecule has 72 valence electrons. The van der Waals surface area contributed by atoms with Gasteiger partial charge in [-0.1, -0.05) is 0 Å². The van der Waals surface area contributed by atoms with Gasteiger partial charge in [-0.05, 0) is 11.6 Å². The number of aromatic nitrogens is 2. The second kappa shape index (κ2) is 3.88. The quantitative estimate of drug-likeness (QED) is 0.585. The highest BCUT2D eigenvalue weighted by atomic mass is 16.5. The third-order valence-corrected chi connectivity index (χ3v) is 1.40. The molecule has 6 nitrogen and oxygen atoms in total. The van der Waals surface area contributed by atoms with Crippen LogP contribution in [0.1, 0.15) is 12.3 Å². The first-order chi connectivity index (χ1) is 6.09. The summed E-state index contributed by atoms with van der Waals surface area (Å²) < 4.78 is 4.78. The van der Waals surface area contributed by atoms with E-state index in [2.05, 4.69) is 10.1 Å². The average molecular weight is 184 g/mol. The second-order valence-corrected chi connectivity index (χ2v) is 2.75. The first-order valence-corrected chi connectivity index (χ1v) is 3.79. The van der Waals surface area contributed by atoms with Crippen molar-refractivity contribution in [1.29, 1.82) is 0 Å². The molecule has 0 bridgehead atoms. The summed E-state index contributed by atoms with van der Waals surface area (Å²) in [6.07, 6.45) is 0.109. The number of aliphatic carboxylic acids is 1. The van der Waals surface area contributed by atoms with Gasteiger partial charge in [0.2, 0.25) is 5.89 Å². The summed E-state index contributed by atoms with van der Waals surface area (Å²) >= 11 is 0. The maximum Gasteiger partial charge on any atom is 0.265 e. The Morgan fingerprint density at radius 3 is 2.77 bits per heavy atom. The van der Waals surface area contributed by atoms with Gasteiger partial charge >= 0.3 is 0 Å². The fourth-order valence-corrected chi connectivity index (χ4v) is 0.738. The van der Waals surface area contributed by atoms with Crippen molar-refractivity contribution < 1.29 is 14.4 Å². The normalized spacial score (nSPS) is 10.0. The lowest BCUT2D eigenvalue weighted by Crippen LogP contribution is -2.22. The molecule has 1 aromatic heterocycles. The molecule has 0 saturated heterocycles. The molecule has 1 rings (SSSR count). The second-order valence-electron chi connectivity index (χ2n) is 2.75. The number of hydrogen-bond acceptors (Lipinski definition) is 6.